The molecule has 20 heavy (non-hydrogen) atoms. The van der Waals surface area contributed by atoms with E-state index in [0.29, 0.717) is 13.0 Å². The molecule has 2 N–H and O–H groups in total. The van der Waals surface area contributed by atoms with Gasteiger partial charge in [0.1, 0.15) is 0 Å². The van der Waals surface area contributed by atoms with Crippen LogP contribution < -0.4 is 5.32 Å². The highest BCUT2D eigenvalue weighted by Gasteiger charge is 2.25. The van der Waals surface area contributed by atoms with Crippen molar-refractivity contribution in [1.82, 2.24) is 10.3 Å². The molecule has 1 atom stereocenters. The molecule has 2 aromatic rings. The molecule has 0 aliphatic heterocycles. The fraction of sp³-hybridized carbons (Fsp3) is 0.438. The summed E-state index contributed by atoms with van der Waals surface area (Å²) >= 11 is 0. The molecule has 108 valence electrons. The zero-order valence-corrected chi connectivity index (χ0v) is 12.1. The Morgan fingerprint density at radius 3 is 2.85 bits per heavy atom. The summed E-state index contributed by atoms with van der Waals surface area (Å²) in [4.78, 5) is 4.40. The molecule has 0 aliphatic rings. The Hall–Kier alpha value is -1.49. The third-order valence-electron chi connectivity index (χ3n) is 3.48. The first-order valence-corrected chi connectivity index (χ1v) is 6.91. The molecule has 0 fully saturated rings. The summed E-state index contributed by atoms with van der Waals surface area (Å²) in [5.41, 5.74) is 0.856. The lowest BCUT2D eigenvalue weighted by molar-refractivity contribution is 0.0488. The molecule has 1 aromatic heterocycles. The number of nitrogens with zero attached hydrogens (tertiary/aromatic N) is 1. The van der Waals surface area contributed by atoms with Crippen LogP contribution in [0.25, 0.3) is 10.9 Å². The molecule has 0 aliphatic carbocycles. The summed E-state index contributed by atoms with van der Waals surface area (Å²) in [7, 11) is 1.68. The lowest BCUT2D eigenvalue weighted by Gasteiger charge is -2.25. The van der Waals surface area contributed by atoms with Gasteiger partial charge < -0.3 is 15.2 Å². The van der Waals surface area contributed by atoms with Crippen LogP contribution >= 0.6 is 0 Å². The molecule has 0 spiro atoms. The molecule has 2 rings (SSSR count). The van der Waals surface area contributed by atoms with Crippen LogP contribution in [0.3, 0.4) is 0 Å². The van der Waals surface area contributed by atoms with E-state index in [0.717, 1.165) is 29.6 Å². The third kappa shape index (κ3) is 3.54. The van der Waals surface area contributed by atoms with E-state index >= 15 is 0 Å². The Labute approximate surface area is 119 Å². The van der Waals surface area contributed by atoms with Crippen molar-refractivity contribution in [1.29, 1.82) is 0 Å². The lowest BCUT2D eigenvalue weighted by Crippen LogP contribution is -2.29. The Balaban J connectivity index is 2.11. The van der Waals surface area contributed by atoms with Gasteiger partial charge in [0.25, 0.3) is 0 Å². The van der Waals surface area contributed by atoms with Gasteiger partial charge in [0.15, 0.2) is 0 Å². The van der Waals surface area contributed by atoms with Crippen LogP contribution in [-0.2, 0) is 10.3 Å². The topological polar surface area (TPSA) is 54.4 Å². The quantitative estimate of drug-likeness (QED) is 0.759. The van der Waals surface area contributed by atoms with Gasteiger partial charge >= 0.3 is 0 Å². The number of para-hydroxylation sites is 1. The fourth-order valence-corrected chi connectivity index (χ4v) is 2.30. The number of pyridine rings is 1. The molecule has 0 bridgehead atoms. The second-order valence-electron chi connectivity index (χ2n) is 5.15. The van der Waals surface area contributed by atoms with E-state index in [1.807, 2.05) is 37.3 Å². The standard InChI is InChI=1S/C16H22N2O2/c1-16(19,8-10-17-11-12-20-2)14-7-3-5-13-6-4-9-18-15(13)14/h3-7,9,17,19H,8,10-12H2,1-2H3. The number of ether oxygens (including phenoxy) is 1. The van der Waals surface area contributed by atoms with Gasteiger partial charge in [-0.3, -0.25) is 4.98 Å². The van der Waals surface area contributed by atoms with Crippen molar-refractivity contribution in [2.75, 3.05) is 26.8 Å². The zero-order chi connectivity index (χ0) is 14.4. The van der Waals surface area contributed by atoms with Crippen molar-refractivity contribution in [2.24, 2.45) is 0 Å². The summed E-state index contributed by atoms with van der Waals surface area (Å²) in [5.74, 6) is 0. The molecule has 4 nitrogen and oxygen atoms in total. The van der Waals surface area contributed by atoms with Crippen molar-refractivity contribution in [3.63, 3.8) is 0 Å². The van der Waals surface area contributed by atoms with Gasteiger partial charge in [0, 0.05) is 30.8 Å². The van der Waals surface area contributed by atoms with Gasteiger partial charge in [-0.1, -0.05) is 24.3 Å². The van der Waals surface area contributed by atoms with E-state index in [2.05, 4.69) is 10.3 Å². The van der Waals surface area contributed by atoms with Crippen molar-refractivity contribution in [2.45, 2.75) is 18.9 Å². The first-order valence-electron chi connectivity index (χ1n) is 6.91. The van der Waals surface area contributed by atoms with E-state index in [1.165, 1.54) is 0 Å². The molecule has 0 radical (unpaired) electrons. The minimum absolute atomic E-state index is 0.631. The highest BCUT2D eigenvalue weighted by atomic mass is 16.5. The summed E-state index contributed by atoms with van der Waals surface area (Å²) in [6.07, 6.45) is 2.39. The van der Waals surface area contributed by atoms with Crippen LogP contribution in [0.2, 0.25) is 0 Å². The average molecular weight is 274 g/mol. The maximum atomic E-state index is 10.7. The van der Waals surface area contributed by atoms with Crippen molar-refractivity contribution in [3.05, 3.63) is 42.1 Å². The maximum absolute atomic E-state index is 10.7. The molecule has 1 aromatic carbocycles. The van der Waals surface area contributed by atoms with Crippen LogP contribution in [0.4, 0.5) is 0 Å². The summed E-state index contributed by atoms with van der Waals surface area (Å²) in [5, 5.41) is 15.0. The summed E-state index contributed by atoms with van der Waals surface area (Å²) in [6.45, 7) is 4.05. The minimum Gasteiger partial charge on any atom is -0.385 e. The predicted molar refractivity (Wildman–Crippen MR) is 80.7 cm³/mol. The predicted octanol–water partition coefficient (Wildman–Crippen LogP) is 2.07. The Bertz CT molecular complexity index is 550. The van der Waals surface area contributed by atoms with Gasteiger partial charge in [-0.25, -0.2) is 0 Å². The molecule has 0 saturated carbocycles. The molecule has 1 heterocycles. The first-order chi connectivity index (χ1) is 9.65. The first kappa shape index (κ1) is 14.9. The monoisotopic (exact) mass is 274 g/mol. The number of fused-ring (bicyclic) bond motifs is 1. The summed E-state index contributed by atoms with van der Waals surface area (Å²) < 4.78 is 4.98. The Morgan fingerprint density at radius 1 is 1.25 bits per heavy atom. The smallest absolute Gasteiger partial charge is 0.0901 e. The number of hydrogen-bond acceptors (Lipinski definition) is 4. The van der Waals surface area contributed by atoms with Crippen molar-refractivity contribution < 1.29 is 9.84 Å². The van der Waals surface area contributed by atoms with E-state index in [-0.39, 0.29) is 0 Å². The molecule has 1 unspecified atom stereocenters. The SMILES string of the molecule is COCCNCCC(C)(O)c1cccc2cccnc12. The molecule has 0 amide bonds. The van der Waals surface area contributed by atoms with Crippen LogP contribution in [0, 0.1) is 0 Å². The second-order valence-corrected chi connectivity index (χ2v) is 5.15. The number of methoxy groups -OCH3 is 1. The van der Waals surface area contributed by atoms with Crippen LogP contribution in [-0.4, -0.2) is 36.9 Å². The second kappa shape index (κ2) is 6.79. The van der Waals surface area contributed by atoms with Crippen LogP contribution in [0.15, 0.2) is 36.5 Å². The number of benzene rings is 1. The van der Waals surface area contributed by atoms with E-state index in [1.54, 1.807) is 13.3 Å². The van der Waals surface area contributed by atoms with E-state index in [9.17, 15) is 5.11 Å². The Morgan fingerprint density at radius 2 is 2.05 bits per heavy atom. The molecular formula is C16H22N2O2. The van der Waals surface area contributed by atoms with Gasteiger partial charge in [-0.05, 0) is 26.0 Å². The summed E-state index contributed by atoms with van der Waals surface area (Å²) in [6, 6.07) is 9.85. The van der Waals surface area contributed by atoms with E-state index in [4.69, 9.17) is 4.74 Å². The van der Waals surface area contributed by atoms with Crippen LogP contribution in [0.5, 0.6) is 0 Å². The van der Waals surface area contributed by atoms with Crippen molar-refractivity contribution >= 4 is 10.9 Å². The number of nitrogens with one attached hydrogen (secondary N) is 1. The maximum Gasteiger partial charge on any atom is 0.0901 e. The highest BCUT2D eigenvalue weighted by Crippen LogP contribution is 2.29. The Kier molecular flexibility index (Phi) is 5.06. The zero-order valence-electron chi connectivity index (χ0n) is 12.1. The number of rotatable bonds is 7. The lowest BCUT2D eigenvalue weighted by atomic mass is 9.90. The number of hydrogen-bond donors (Lipinski definition) is 2. The number of aromatic nitrogens is 1. The average Bonchev–Trinajstić information content (AvgIpc) is 2.46. The highest BCUT2D eigenvalue weighted by molar-refractivity contribution is 5.82. The van der Waals surface area contributed by atoms with Gasteiger partial charge in [0.2, 0.25) is 0 Å². The van der Waals surface area contributed by atoms with Gasteiger partial charge in [-0.2, -0.15) is 0 Å². The fourth-order valence-electron chi connectivity index (χ4n) is 2.30. The third-order valence-corrected chi connectivity index (χ3v) is 3.48. The van der Waals surface area contributed by atoms with Crippen LogP contribution in [0.1, 0.15) is 18.9 Å². The van der Waals surface area contributed by atoms with Gasteiger partial charge in [-0.15, -0.1) is 0 Å². The largest absolute Gasteiger partial charge is 0.385 e. The molecule has 0 saturated heterocycles. The van der Waals surface area contributed by atoms with Crippen molar-refractivity contribution in [3.8, 4) is 0 Å². The minimum atomic E-state index is -0.895. The number of aliphatic hydroxyl groups is 1. The normalized spacial score (nSPS) is 14.3. The van der Waals surface area contributed by atoms with Gasteiger partial charge in [0.05, 0.1) is 17.7 Å². The molecular weight excluding hydrogens is 252 g/mol. The van der Waals surface area contributed by atoms with E-state index < -0.39 is 5.60 Å². The molecule has 4 heteroatoms.